The number of aryl methyl sites for hydroxylation is 2. The number of hydrogen-bond donors (Lipinski definition) is 0. The van der Waals surface area contributed by atoms with Gasteiger partial charge in [-0.3, -0.25) is 9.69 Å². The first-order valence-corrected chi connectivity index (χ1v) is 10.4. The number of benzene rings is 2. The normalized spacial score (nSPS) is 20.5. The van der Waals surface area contributed by atoms with Gasteiger partial charge in [0.2, 0.25) is 11.8 Å². The number of hydrogen-bond acceptors (Lipinski definition) is 5. The summed E-state index contributed by atoms with van der Waals surface area (Å²) in [5.74, 6) is 1.34. The van der Waals surface area contributed by atoms with E-state index in [2.05, 4.69) is 28.2 Å². The monoisotopic (exact) mass is 402 g/mol. The van der Waals surface area contributed by atoms with E-state index in [0.29, 0.717) is 11.8 Å². The molecule has 2 aliphatic heterocycles. The van der Waals surface area contributed by atoms with E-state index in [1.807, 2.05) is 61.2 Å². The average Bonchev–Trinajstić information content (AvgIpc) is 3.31. The van der Waals surface area contributed by atoms with Crippen LogP contribution in [0.1, 0.15) is 39.8 Å². The molecule has 3 aromatic rings. The maximum Gasteiger partial charge on any atom is 0.253 e. The van der Waals surface area contributed by atoms with Gasteiger partial charge in [0, 0.05) is 36.2 Å². The Morgan fingerprint density at radius 1 is 1.03 bits per heavy atom. The topological polar surface area (TPSA) is 62.5 Å². The van der Waals surface area contributed by atoms with Crippen LogP contribution >= 0.6 is 0 Å². The Morgan fingerprint density at radius 3 is 2.43 bits per heavy atom. The van der Waals surface area contributed by atoms with Crippen LogP contribution in [0.25, 0.3) is 11.5 Å². The number of aromatic nitrogens is 2. The van der Waals surface area contributed by atoms with Gasteiger partial charge in [0.15, 0.2) is 0 Å². The van der Waals surface area contributed by atoms with E-state index in [0.717, 1.165) is 48.3 Å². The molecule has 0 bridgehead atoms. The van der Waals surface area contributed by atoms with Crippen molar-refractivity contribution in [2.24, 2.45) is 5.41 Å². The molecule has 6 nitrogen and oxygen atoms in total. The van der Waals surface area contributed by atoms with Crippen LogP contribution in [0.4, 0.5) is 0 Å². The molecule has 6 heteroatoms. The Hall–Kier alpha value is -2.99. The Bertz CT molecular complexity index is 1070. The maximum atomic E-state index is 12.9. The Morgan fingerprint density at radius 2 is 1.73 bits per heavy atom. The number of amides is 1. The van der Waals surface area contributed by atoms with Gasteiger partial charge in [-0.1, -0.05) is 35.4 Å². The Labute approximate surface area is 176 Å². The van der Waals surface area contributed by atoms with Crippen LogP contribution in [0.2, 0.25) is 0 Å². The van der Waals surface area contributed by atoms with Gasteiger partial charge in [0.25, 0.3) is 5.91 Å². The highest BCUT2D eigenvalue weighted by molar-refractivity contribution is 5.95. The first kappa shape index (κ1) is 19.0. The van der Waals surface area contributed by atoms with Crippen LogP contribution in [-0.2, 0) is 0 Å². The molecule has 0 radical (unpaired) electrons. The van der Waals surface area contributed by atoms with E-state index in [-0.39, 0.29) is 17.4 Å². The van der Waals surface area contributed by atoms with Crippen molar-refractivity contribution in [1.29, 1.82) is 0 Å². The summed E-state index contributed by atoms with van der Waals surface area (Å²) in [7, 11) is 2.10. The van der Waals surface area contributed by atoms with Crippen molar-refractivity contribution in [2.45, 2.75) is 26.3 Å². The quantitative estimate of drug-likeness (QED) is 0.665. The van der Waals surface area contributed by atoms with E-state index in [1.54, 1.807) is 0 Å². The SMILES string of the molecule is Cc1cc(C)cc(C(=O)N2CC3(CC(c4nnc(-c5ccccc5)o4)N(C)C3)C2)c1. The van der Waals surface area contributed by atoms with E-state index in [4.69, 9.17) is 4.42 Å². The van der Waals surface area contributed by atoms with E-state index in [1.165, 1.54) is 0 Å². The highest BCUT2D eigenvalue weighted by Crippen LogP contribution is 2.48. The number of carbonyl (C=O) groups excluding carboxylic acids is 1. The standard InChI is InChI=1S/C24H26N4O2/c1-16-9-17(2)11-19(10-16)23(29)28-14-24(15-28)12-20(27(3)13-24)22-26-25-21(30-22)18-7-5-4-6-8-18/h4-11,20H,12-15H2,1-3H3. The lowest BCUT2D eigenvalue weighted by Crippen LogP contribution is -2.59. The first-order chi connectivity index (χ1) is 14.4. The molecule has 1 aromatic heterocycles. The zero-order valence-corrected chi connectivity index (χ0v) is 17.6. The van der Waals surface area contributed by atoms with Gasteiger partial charge < -0.3 is 9.32 Å². The van der Waals surface area contributed by atoms with E-state index >= 15 is 0 Å². The fourth-order valence-electron chi connectivity index (χ4n) is 5.03. The smallest absolute Gasteiger partial charge is 0.253 e. The van der Waals surface area contributed by atoms with Gasteiger partial charge in [-0.15, -0.1) is 10.2 Å². The molecule has 5 rings (SSSR count). The zero-order valence-electron chi connectivity index (χ0n) is 17.6. The summed E-state index contributed by atoms with van der Waals surface area (Å²) in [6, 6.07) is 16.0. The molecule has 2 aliphatic rings. The predicted molar refractivity (Wildman–Crippen MR) is 114 cm³/mol. The largest absolute Gasteiger partial charge is 0.419 e. The minimum absolute atomic E-state index is 0.0911. The summed E-state index contributed by atoms with van der Waals surface area (Å²) in [6.07, 6.45) is 0.927. The molecule has 154 valence electrons. The molecule has 0 N–H and O–H groups in total. The lowest BCUT2D eigenvalue weighted by molar-refractivity contribution is 0.0115. The molecule has 0 aliphatic carbocycles. The van der Waals surface area contributed by atoms with Crippen molar-refractivity contribution in [3.8, 4) is 11.5 Å². The molecule has 30 heavy (non-hydrogen) atoms. The van der Waals surface area contributed by atoms with Crippen LogP contribution in [0.5, 0.6) is 0 Å². The average molecular weight is 402 g/mol. The third-order valence-electron chi connectivity index (χ3n) is 6.30. The van der Waals surface area contributed by atoms with Crippen molar-refractivity contribution < 1.29 is 9.21 Å². The van der Waals surface area contributed by atoms with Crippen LogP contribution < -0.4 is 0 Å². The molecular formula is C24H26N4O2. The van der Waals surface area contributed by atoms with Crippen molar-refractivity contribution in [2.75, 3.05) is 26.7 Å². The third kappa shape index (κ3) is 3.31. The van der Waals surface area contributed by atoms with Gasteiger partial charge in [0.1, 0.15) is 0 Å². The second kappa shape index (κ2) is 7.06. The molecule has 2 fully saturated rings. The summed E-state index contributed by atoms with van der Waals surface area (Å²) < 4.78 is 6.01. The highest BCUT2D eigenvalue weighted by atomic mass is 16.4. The second-order valence-corrected chi connectivity index (χ2v) is 8.98. The van der Waals surface area contributed by atoms with Crippen molar-refractivity contribution in [3.63, 3.8) is 0 Å². The third-order valence-corrected chi connectivity index (χ3v) is 6.30. The lowest BCUT2D eigenvalue weighted by Gasteiger charge is -2.48. The predicted octanol–water partition coefficient (Wildman–Crippen LogP) is 3.87. The van der Waals surface area contributed by atoms with Crippen LogP contribution in [-0.4, -0.2) is 52.6 Å². The fourth-order valence-corrected chi connectivity index (χ4v) is 5.03. The first-order valence-electron chi connectivity index (χ1n) is 10.4. The summed E-state index contributed by atoms with van der Waals surface area (Å²) in [5.41, 5.74) is 4.07. The zero-order chi connectivity index (χ0) is 20.9. The van der Waals surface area contributed by atoms with Gasteiger partial charge in [-0.2, -0.15) is 0 Å². The van der Waals surface area contributed by atoms with Gasteiger partial charge in [-0.25, -0.2) is 0 Å². The number of carbonyl (C=O) groups is 1. The van der Waals surface area contributed by atoms with Crippen LogP contribution in [0, 0.1) is 19.3 Å². The summed E-state index contributed by atoms with van der Waals surface area (Å²) in [5, 5.41) is 8.58. The molecular weight excluding hydrogens is 376 g/mol. The van der Waals surface area contributed by atoms with Crippen LogP contribution in [0.3, 0.4) is 0 Å². The number of nitrogens with zero attached hydrogens (tertiary/aromatic N) is 4. The van der Waals surface area contributed by atoms with Gasteiger partial charge in [0.05, 0.1) is 6.04 Å². The fraction of sp³-hybridized carbons (Fsp3) is 0.375. The van der Waals surface area contributed by atoms with Crippen molar-refractivity contribution in [3.05, 3.63) is 71.1 Å². The summed E-state index contributed by atoms with van der Waals surface area (Å²) in [4.78, 5) is 17.2. The molecule has 1 atom stereocenters. The Balaban J connectivity index is 1.28. The van der Waals surface area contributed by atoms with E-state index < -0.39 is 0 Å². The number of likely N-dealkylation sites (tertiary alicyclic amines) is 2. The van der Waals surface area contributed by atoms with Crippen molar-refractivity contribution in [1.82, 2.24) is 20.0 Å². The molecule has 2 aromatic carbocycles. The molecule has 2 saturated heterocycles. The van der Waals surface area contributed by atoms with Gasteiger partial charge >= 0.3 is 0 Å². The molecule has 1 amide bonds. The maximum absolute atomic E-state index is 12.9. The molecule has 0 saturated carbocycles. The minimum atomic E-state index is 0.0911. The highest BCUT2D eigenvalue weighted by Gasteiger charge is 2.53. The molecule has 1 spiro atoms. The minimum Gasteiger partial charge on any atom is -0.419 e. The summed E-state index contributed by atoms with van der Waals surface area (Å²) >= 11 is 0. The van der Waals surface area contributed by atoms with E-state index in [9.17, 15) is 4.79 Å². The summed E-state index contributed by atoms with van der Waals surface area (Å²) in [6.45, 7) is 6.55. The lowest BCUT2D eigenvalue weighted by atomic mass is 9.77. The van der Waals surface area contributed by atoms with Crippen LogP contribution in [0.15, 0.2) is 52.9 Å². The van der Waals surface area contributed by atoms with Crippen molar-refractivity contribution >= 4 is 5.91 Å². The molecule has 3 heterocycles. The Kier molecular flexibility index (Phi) is 4.47. The molecule has 1 unspecified atom stereocenters. The second-order valence-electron chi connectivity index (χ2n) is 8.98. The number of rotatable bonds is 3. The van der Waals surface area contributed by atoms with Gasteiger partial charge in [-0.05, 0) is 51.6 Å².